The molecule has 3 saturated heterocycles. The molecule has 17 heteroatoms. The lowest BCUT2D eigenvalue weighted by molar-refractivity contribution is -0.873. The van der Waals surface area contributed by atoms with Crippen LogP contribution in [0.2, 0.25) is 0 Å². The van der Waals surface area contributed by atoms with Crippen molar-refractivity contribution < 1.29 is 83.6 Å². The molecular formula is C26H50NO16+. The van der Waals surface area contributed by atoms with Crippen LogP contribution in [0.4, 0.5) is 0 Å². The number of aliphatic hydroxyl groups excluding tert-OH is 9. The zero-order valence-corrected chi connectivity index (χ0v) is 25.1. The fourth-order valence-electron chi connectivity index (χ4n) is 5.43. The Morgan fingerprint density at radius 2 is 1.30 bits per heavy atom. The molecule has 17 nitrogen and oxygen atoms in total. The van der Waals surface area contributed by atoms with E-state index in [4.69, 9.17) is 33.2 Å². The van der Waals surface area contributed by atoms with Gasteiger partial charge in [0.1, 0.15) is 85.9 Å². The maximum Gasteiger partial charge on any atom is 0.187 e. The average Bonchev–Trinajstić information content (AvgIpc) is 2.94. The highest BCUT2D eigenvalue weighted by atomic mass is 16.7. The molecule has 0 saturated carbocycles. The van der Waals surface area contributed by atoms with Crippen molar-refractivity contribution in [2.75, 3.05) is 61.2 Å². The molecule has 0 aromatic carbocycles. The Morgan fingerprint density at radius 1 is 0.698 bits per heavy atom. The number of quaternary nitrogens is 1. The fraction of sp³-hybridized carbons (Fsp3) is 1.00. The Bertz CT molecular complexity index is 833. The molecule has 3 aliphatic heterocycles. The van der Waals surface area contributed by atoms with Crippen molar-refractivity contribution >= 4 is 0 Å². The van der Waals surface area contributed by atoms with Crippen molar-refractivity contribution in [1.82, 2.24) is 0 Å². The van der Waals surface area contributed by atoms with Crippen LogP contribution < -0.4 is 0 Å². The fourth-order valence-corrected chi connectivity index (χ4v) is 5.43. The lowest BCUT2D eigenvalue weighted by atomic mass is 9.95. The molecule has 0 spiro atoms. The molecule has 3 fully saturated rings. The van der Waals surface area contributed by atoms with Crippen LogP contribution in [0.1, 0.15) is 6.92 Å². The predicted molar refractivity (Wildman–Crippen MR) is 142 cm³/mol. The molecule has 3 aliphatic rings. The molecule has 0 aromatic rings. The van der Waals surface area contributed by atoms with Crippen molar-refractivity contribution in [1.29, 1.82) is 0 Å². The van der Waals surface area contributed by atoms with E-state index < -0.39 is 111 Å². The van der Waals surface area contributed by atoms with E-state index in [1.807, 2.05) is 21.1 Å². The van der Waals surface area contributed by atoms with E-state index in [0.29, 0.717) is 11.0 Å². The summed E-state index contributed by atoms with van der Waals surface area (Å²) in [5.74, 6) is 0. The van der Waals surface area contributed by atoms with Crippen molar-refractivity contribution in [3.63, 3.8) is 0 Å². The zero-order valence-electron chi connectivity index (χ0n) is 25.1. The Hall–Kier alpha value is -0.680. The number of methoxy groups -OCH3 is 1. The number of hydrogen-bond acceptors (Lipinski definition) is 16. The standard InChI is InChI=1S/C26H50NO16/c1-11-16(30)19(33)24(13(7-28)40-11)43-26-22(36)20(34)23(37-5)15(42-26)10-39-25-21(35)18(32)17(31)14(41-25)9-38-8-12(29)6-27(2,3)4/h11-26,28-36H,6-10H2,1-5H3/q+1/t11-,12?,13?,14?,15?,16?,17-,18-,19?,20+,21?,22?,23+,24+,25-,26-/m0/s1. The minimum atomic E-state index is -1.69. The van der Waals surface area contributed by atoms with Gasteiger partial charge in [-0.1, -0.05) is 0 Å². The summed E-state index contributed by atoms with van der Waals surface area (Å²) in [6.45, 7) is 0.595. The third-order valence-electron chi connectivity index (χ3n) is 7.75. The monoisotopic (exact) mass is 632 g/mol. The van der Waals surface area contributed by atoms with Crippen LogP contribution in [0.15, 0.2) is 0 Å². The molecule has 8 unspecified atom stereocenters. The van der Waals surface area contributed by atoms with Gasteiger partial charge in [-0.2, -0.15) is 0 Å². The number of ether oxygens (including phenoxy) is 7. The van der Waals surface area contributed by atoms with Gasteiger partial charge in [0.2, 0.25) is 0 Å². The third kappa shape index (κ3) is 9.20. The Balaban J connectivity index is 1.63. The molecule has 9 N–H and O–H groups in total. The second-order valence-corrected chi connectivity index (χ2v) is 12.4. The molecule has 16 atom stereocenters. The highest BCUT2D eigenvalue weighted by Gasteiger charge is 2.51. The second-order valence-electron chi connectivity index (χ2n) is 12.4. The van der Waals surface area contributed by atoms with Gasteiger partial charge in [-0.15, -0.1) is 0 Å². The maximum atomic E-state index is 10.7. The minimum absolute atomic E-state index is 0.0624. The van der Waals surface area contributed by atoms with E-state index in [-0.39, 0.29) is 13.2 Å². The minimum Gasteiger partial charge on any atom is -0.394 e. The molecular weight excluding hydrogens is 582 g/mol. The molecule has 0 aliphatic carbocycles. The van der Waals surface area contributed by atoms with Gasteiger partial charge in [0, 0.05) is 7.11 Å². The molecule has 0 aromatic heterocycles. The molecule has 0 radical (unpaired) electrons. The summed E-state index contributed by atoms with van der Waals surface area (Å²) in [6, 6.07) is 0. The van der Waals surface area contributed by atoms with Gasteiger partial charge < -0.3 is 83.6 Å². The van der Waals surface area contributed by atoms with E-state index >= 15 is 0 Å². The largest absolute Gasteiger partial charge is 0.394 e. The summed E-state index contributed by atoms with van der Waals surface area (Å²) in [7, 11) is 6.96. The van der Waals surface area contributed by atoms with E-state index in [2.05, 4.69) is 0 Å². The average molecular weight is 633 g/mol. The first-order valence-electron chi connectivity index (χ1n) is 14.3. The lowest BCUT2D eigenvalue weighted by Crippen LogP contribution is -2.65. The summed E-state index contributed by atoms with van der Waals surface area (Å²) >= 11 is 0. The number of likely N-dealkylation sites (N-methyl/N-ethyl adjacent to an activating group) is 1. The van der Waals surface area contributed by atoms with E-state index in [1.165, 1.54) is 14.0 Å². The molecule has 0 amide bonds. The number of aliphatic hydroxyl groups is 9. The summed E-state index contributed by atoms with van der Waals surface area (Å²) in [4.78, 5) is 0. The van der Waals surface area contributed by atoms with Crippen molar-refractivity contribution in [2.45, 2.75) is 105 Å². The van der Waals surface area contributed by atoms with Gasteiger partial charge in [0.05, 0.1) is 53.7 Å². The highest BCUT2D eigenvalue weighted by Crippen LogP contribution is 2.31. The molecule has 3 rings (SSSR count). The number of rotatable bonds is 13. The SMILES string of the molecule is CO[C@@H]1C(CO[C@H]2OC(COCC(O)C[N+](C)(C)C)[C@H](O)[C@H](O)C2O)O[C@@H](O[C@@H]2C(CO)O[C@@H](C)C(O)C2O)C(O)[C@H]1O. The van der Waals surface area contributed by atoms with Gasteiger partial charge >= 0.3 is 0 Å². The number of nitrogens with zero attached hydrogens (tertiary/aromatic N) is 1. The zero-order chi connectivity index (χ0) is 32.2. The molecule has 0 bridgehead atoms. The van der Waals surface area contributed by atoms with Gasteiger partial charge in [-0.3, -0.25) is 0 Å². The van der Waals surface area contributed by atoms with Gasteiger partial charge in [0.15, 0.2) is 12.6 Å². The predicted octanol–water partition coefficient (Wildman–Crippen LogP) is -5.76. The van der Waals surface area contributed by atoms with Crippen LogP contribution in [0, 0.1) is 0 Å². The van der Waals surface area contributed by atoms with E-state index in [1.54, 1.807) is 0 Å². The van der Waals surface area contributed by atoms with E-state index in [0.717, 1.165) is 0 Å². The smallest absolute Gasteiger partial charge is 0.187 e. The van der Waals surface area contributed by atoms with Crippen molar-refractivity contribution in [3.05, 3.63) is 0 Å². The Kier molecular flexibility index (Phi) is 13.5. The topological polar surface area (TPSA) is 247 Å². The van der Waals surface area contributed by atoms with Crippen LogP contribution in [0.25, 0.3) is 0 Å². The van der Waals surface area contributed by atoms with Crippen molar-refractivity contribution in [2.24, 2.45) is 0 Å². The first-order chi connectivity index (χ1) is 20.1. The highest BCUT2D eigenvalue weighted by molar-refractivity contribution is 4.96. The van der Waals surface area contributed by atoms with Crippen molar-refractivity contribution in [3.8, 4) is 0 Å². The third-order valence-corrected chi connectivity index (χ3v) is 7.75. The normalized spacial score (nSPS) is 45.2. The summed E-state index contributed by atoms with van der Waals surface area (Å²) in [5.41, 5.74) is 0. The summed E-state index contributed by atoms with van der Waals surface area (Å²) < 4.78 is 39.6. The molecule has 43 heavy (non-hydrogen) atoms. The second kappa shape index (κ2) is 15.7. The lowest BCUT2D eigenvalue weighted by Gasteiger charge is -2.47. The van der Waals surface area contributed by atoms with Gasteiger partial charge in [-0.25, -0.2) is 0 Å². The summed E-state index contributed by atoms with van der Waals surface area (Å²) in [6.07, 6.45) is -21.6. The quantitative estimate of drug-likeness (QED) is 0.0858. The molecule has 254 valence electrons. The van der Waals surface area contributed by atoms with Crippen LogP contribution in [0.5, 0.6) is 0 Å². The van der Waals surface area contributed by atoms with Crippen LogP contribution >= 0.6 is 0 Å². The number of hydrogen-bond donors (Lipinski definition) is 9. The van der Waals surface area contributed by atoms with Gasteiger partial charge in [-0.05, 0) is 6.92 Å². The summed E-state index contributed by atoms with van der Waals surface area (Å²) in [5, 5.41) is 93.3. The van der Waals surface area contributed by atoms with Gasteiger partial charge in [0.25, 0.3) is 0 Å². The Labute approximate surface area is 250 Å². The van der Waals surface area contributed by atoms with Crippen LogP contribution in [-0.2, 0) is 33.2 Å². The maximum absolute atomic E-state index is 10.7. The van der Waals surface area contributed by atoms with E-state index in [9.17, 15) is 46.0 Å². The van der Waals surface area contributed by atoms with Crippen LogP contribution in [0.3, 0.4) is 0 Å². The molecule has 3 heterocycles. The van der Waals surface area contributed by atoms with Crippen LogP contribution in [-0.4, -0.2) is 210 Å². The first kappa shape index (κ1) is 36.8. The first-order valence-corrected chi connectivity index (χ1v) is 14.3. The Morgan fingerprint density at radius 3 is 1.91 bits per heavy atom.